The van der Waals surface area contributed by atoms with Gasteiger partial charge in [-0.25, -0.2) is 4.98 Å². The first-order valence-electron chi connectivity index (χ1n) is 6.94. The van der Waals surface area contributed by atoms with E-state index >= 15 is 0 Å². The zero-order chi connectivity index (χ0) is 14.0. The average Bonchev–Trinajstić information content (AvgIpc) is 3.07. The molecule has 0 saturated heterocycles. The SMILES string of the molecule is CN(CC(C)(C)C)c1ncc(Br)cc1CNC1CC1. The molecule has 0 aliphatic heterocycles. The molecule has 0 amide bonds. The van der Waals surface area contributed by atoms with Crippen LogP contribution in [0.4, 0.5) is 5.82 Å². The molecule has 1 aliphatic rings. The predicted molar refractivity (Wildman–Crippen MR) is 84.5 cm³/mol. The van der Waals surface area contributed by atoms with Crippen LogP contribution >= 0.6 is 15.9 Å². The Kier molecular flexibility index (Phi) is 4.51. The van der Waals surface area contributed by atoms with E-state index in [1.807, 2.05) is 6.20 Å². The van der Waals surface area contributed by atoms with Crippen LogP contribution < -0.4 is 10.2 Å². The molecule has 1 fully saturated rings. The molecule has 1 aromatic heterocycles. The van der Waals surface area contributed by atoms with Crippen molar-refractivity contribution in [3.8, 4) is 0 Å². The van der Waals surface area contributed by atoms with Crippen LogP contribution in [0.15, 0.2) is 16.7 Å². The highest BCUT2D eigenvalue weighted by atomic mass is 79.9. The first kappa shape index (κ1) is 14.8. The summed E-state index contributed by atoms with van der Waals surface area (Å²) in [7, 11) is 2.13. The lowest BCUT2D eigenvalue weighted by Crippen LogP contribution is -2.31. The fourth-order valence-electron chi connectivity index (χ4n) is 2.28. The van der Waals surface area contributed by atoms with E-state index in [0.29, 0.717) is 0 Å². The van der Waals surface area contributed by atoms with E-state index in [1.54, 1.807) is 0 Å². The van der Waals surface area contributed by atoms with E-state index in [-0.39, 0.29) is 5.41 Å². The normalized spacial score (nSPS) is 15.6. The summed E-state index contributed by atoms with van der Waals surface area (Å²) in [5.41, 5.74) is 1.54. The molecule has 0 bridgehead atoms. The van der Waals surface area contributed by atoms with E-state index in [0.717, 1.165) is 29.4 Å². The van der Waals surface area contributed by atoms with Crippen LogP contribution in [0.5, 0.6) is 0 Å². The van der Waals surface area contributed by atoms with Crippen LogP contribution in [0.3, 0.4) is 0 Å². The van der Waals surface area contributed by atoms with Crippen molar-refractivity contribution in [2.24, 2.45) is 5.41 Å². The summed E-state index contributed by atoms with van der Waals surface area (Å²) in [4.78, 5) is 6.86. The number of nitrogens with one attached hydrogen (secondary N) is 1. The zero-order valence-corrected chi connectivity index (χ0v) is 13.9. The maximum Gasteiger partial charge on any atom is 0.132 e. The highest BCUT2D eigenvalue weighted by molar-refractivity contribution is 9.10. The van der Waals surface area contributed by atoms with Crippen molar-refractivity contribution < 1.29 is 0 Å². The first-order valence-corrected chi connectivity index (χ1v) is 7.73. The summed E-state index contributed by atoms with van der Waals surface area (Å²) in [6, 6.07) is 2.90. The maximum absolute atomic E-state index is 4.60. The molecule has 0 atom stereocenters. The van der Waals surface area contributed by atoms with Gasteiger partial charge in [0.25, 0.3) is 0 Å². The minimum absolute atomic E-state index is 0.269. The second-order valence-corrected chi connectivity index (χ2v) is 7.62. The molecule has 1 heterocycles. The van der Waals surface area contributed by atoms with Crippen LogP contribution in [-0.2, 0) is 6.54 Å². The molecule has 1 N–H and O–H groups in total. The van der Waals surface area contributed by atoms with Crippen molar-refractivity contribution in [2.75, 3.05) is 18.5 Å². The van der Waals surface area contributed by atoms with Gasteiger partial charge in [0, 0.05) is 42.4 Å². The van der Waals surface area contributed by atoms with Gasteiger partial charge in [0.1, 0.15) is 5.82 Å². The van der Waals surface area contributed by atoms with E-state index in [4.69, 9.17) is 0 Å². The molecule has 3 nitrogen and oxygen atoms in total. The van der Waals surface area contributed by atoms with E-state index < -0.39 is 0 Å². The third kappa shape index (κ3) is 4.77. The molecule has 4 heteroatoms. The van der Waals surface area contributed by atoms with Crippen molar-refractivity contribution in [3.05, 3.63) is 22.3 Å². The number of nitrogens with zero attached hydrogens (tertiary/aromatic N) is 2. The molecule has 0 aromatic carbocycles. The number of pyridine rings is 1. The zero-order valence-electron chi connectivity index (χ0n) is 12.3. The standard InChI is InChI=1S/C15H24BrN3/c1-15(2,3)10-19(4)14-11(7-12(16)9-18-14)8-17-13-5-6-13/h7,9,13,17H,5-6,8,10H2,1-4H3. The molecule has 2 rings (SSSR count). The fraction of sp³-hybridized carbons (Fsp3) is 0.667. The Morgan fingerprint density at radius 2 is 2.11 bits per heavy atom. The van der Waals surface area contributed by atoms with Gasteiger partial charge in [-0.3, -0.25) is 0 Å². The third-order valence-electron chi connectivity index (χ3n) is 3.14. The molecule has 1 saturated carbocycles. The molecular formula is C15H24BrN3. The molecule has 106 valence electrons. The van der Waals surface area contributed by atoms with Gasteiger partial charge in [-0.2, -0.15) is 0 Å². The van der Waals surface area contributed by atoms with Crippen molar-refractivity contribution in [1.82, 2.24) is 10.3 Å². The van der Waals surface area contributed by atoms with Gasteiger partial charge in [-0.1, -0.05) is 20.8 Å². The van der Waals surface area contributed by atoms with Crippen LogP contribution in [0.2, 0.25) is 0 Å². The highest BCUT2D eigenvalue weighted by Crippen LogP contribution is 2.26. The lowest BCUT2D eigenvalue weighted by molar-refractivity contribution is 0.417. The first-order chi connectivity index (χ1) is 8.85. The van der Waals surface area contributed by atoms with Gasteiger partial charge < -0.3 is 10.2 Å². The minimum Gasteiger partial charge on any atom is -0.359 e. The van der Waals surface area contributed by atoms with Gasteiger partial charge >= 0.3 is 0 Å². The van der Waals surface area contributed by atoms with Gasteiger partial charge in [0.05, 0.1) is 0 Å². The number of rotatable bonds is 5. The number of hydrogen-bond donors (Lipinski definition) is 1. The Morgan fingerprint density at radius 3 is 2.68 bits per heavy atom. The monoisotopic (exact) mass is 325 g/mol. The van der Waals surface area contributed by atoms with E-state index in [9.17, 15) is 0 Å². The van der Waals surface area contributed by atoms with Gasteiger partial charge in [0.2, 0.25) is 0 Å². The fourth-order valence-corrected chi connectivity index (χ4v) is 2.65. The summed E-state index contributed by atoms with van der Waals surface area (Å²) in [6.07, 6.45) is 4.51. The van der Waals surface area contributed by atoms with Crippen molar-refractivity contribution in [2.45, 2.75) is 46.2 Å². The van der Waals surface area contributed by atoms with Gasteiger partial charge in [0.15, 0.2) is 0 Å². The second-order valence-electron chi connectivity index (χ2n) is 6.71. The summed E-state index contributed by atoms with van der Waals surface area (Å²) in [6.45, 7) is 8.67. The minimum atomic E-state index is 0.269. The summed E-state index contributed by atoms with van der Waals surface area (Å²) in [5, 5.41) is 3.57. The molecule has 0 unspecified atom stereocenters. The smallest absolute Gasteiger partial charge is 0.132 e. The van der Waals surface area contributed by atoms with Gasteiger partial charge in [-0.05, 0) is 40.3 Å². The Bertz CT molecular complexity index is 436. The van der Waals surface area contributed by atoms with Crippen molar-refractivity contribution in [1.29, 1.82) is 0 Å². The van der Waals surface area contributed by atoms with E-state index in [2.05, 4.69) is 65.0 Å². The lowest BCUT2D eigenvalue weighted by atomic mass is 9.96. The summed E-state index contributed by atoms with van der Waals surface area (Å²) >= 11 is 3.52. The lowest BCUT2D eigenvalue weighted by Gasteiger charge is -2.29. The Labute approximate surface area is 124 Å². The molecule has 1 aliphatic carbocycles. The van der Waals surface area contributed by atoms with Crippen molar-refractivity contribution >= 4 is 21.7 Å². The molecule has 0 spiro atoms. The Morgan fingerprint density at radius 1 is 1.42 bits per heavy atom. The van der Waals surface area contributed by atoms with Crippen LogP contribution in [0.1, 0.15) is 39.2 Å². The Balaban J connectivity index is 2.12. The van der Waals surface area contributed by atoms with Gasteiger partial charge in [-0.15, -0.1) is 0 Å². The maximum atomic E-state index is 4.60. The quantitative estimate of drug-likeness (QED) is 0.896. The van der Waals surface area contributed by atoms with Crippen molar-refractivity contribution in [3.63, 3.8) is 0 Å². The number of anilines is 1. The topological polar surface area (TPSA) is 28.2 Å². The number of halogens is 1. The molecule has 1 aromatic rings. The summed E-state index contributed by atoms with van der Waals surface area (Å²) < 4.78 is 1.05. The number of aromatic nitrogens is 1. The van der Waals surface area contributed by atoms with Crippen LogP contribution in [0.25, 0.3) is 0 Å². The average molecular weight is 326 g/mol. The molecule has 19 heavy (non-hydrogen) atoms. The van der Waals surface area contributed by atoms with Crippen LogP contribution in [0, 0.1) is 5.41 Å². The number of hydrogen-bond acceptors (Lipinski definition) is 3. The van der Waals surface area contributed by atoms with Crippen LogP contribution in [-0.4, -0.2) is 24.6 Å². The predicted octanol–water partition coefficient (Wildman–Crippen LogP) is 3.58. The molecule has 0 radical (unpaired) electrons. The van der Waals surface area contributed by atoms with E-state index in [1.165, 1.54) is 18.4 Å². The highest BCUT2D eigenvalue weighted by Gasteiger charge is 2.22. The summed E-state index contributed by atoms with van der Waals surface area (Å²) in [5.74, 6) is 1.09. The third-order valence-corrected chi connectivity index (χ3v) is 3.57. The Hall–Kier alpha value is -0.610. The largest absolute Gasteiger partial charge is 0.359 e. The molecular weight excluding hydrogens is 302 g/mol. The second kappa shape index (κ2) is 5.80.